The van der Waals surface area contributed by atoms with Crippen LogP contribution in [-0.4, -0.2) is 5.91 Å². The van der Waals surface area contributed by atoms with Crippen LogP contribution in [-0.2, 0) is 17.8 Å². The van der Waals surface area contributed by atoms with Crippen LogP contribution in [0.4, 0.5) is 5.69 Å². The molecule has 0 heterocycles. The Morgan fingerprint density at radius 1 is 0.971 bits per heavy atom. The maximum absolute atomic E-state index is 12.9. The number of benzene rings is 4. The highest BCUT2D eigenvalue weighted by atomic mass is 16.5. The van der Waals surface area contributed by atoms with E-state index in [1.165, 1.54) is 0 Å². The second kappa shape index (κ2) is 10.5. The van der Waals surface area contributed by atoms with E-state index in [1.807, 2.05) is 73.7 Å². The summed E-state index contributed by atoms with van der Waals surface area (Å²) in [5.41, 5.74) is 4.69. The quantitative estimate of drug-likeness (QED) is 0.250. The summed E-state index contributed by atoms with van der Waals surface area (Å²) in [6, 6.07) is 29.5. The lowest BCUT2D eigenvalue weighted by Crippen LogP contribution is -2.14. The van der Waals surface area contributed by atoms with Crippen molar-refractivity contribution in [3.8, 4) is 11.8 Å². The summed E-state index contributed by atoms with van der Waals surface area (Å²) in [6.45, 7) is 4.48. The highest BCUT2D eigenvalue weighted by Crippen LogP contribution is 2.27. The number of rotatable bonds is 7. The molecule has 0 aliphatic rings. The molecule has 0 spiro atoms. The van der Waals surface area contributed by atoms with Gasteiger partial charge in [-0.3, -0.25) is 4.79 Å². The van der Waals surface area contributed by atoms with Gasteiger partial charge < -0.3 is 10.1 Å². The third-order valence-corrected chi connectivity index (χ3v) is 5.88. The lowest BCUT2D eigenvalue weighted by molar-refractivity contribution is -0.112. The Morgan fingerprint density at radius 2 is 1.71 bits per heavy atom. The Labute approximate surface area is 200 Å². The number of nitrogens with one attached hydrogen (secondary N) is 1. The summed E-state index contributed by atoms with van der Waals surface area (Å²) >= 11 is 0. The van der Waals surface area contributed by atoms with Gasteiger partial charge in [-0.25, -0.2) is 0 Å². The van der Waals surface area contributed by atoms with E-state index in [2.05, 4.69) is 36.5 Å². The molecule has 0 fully saturated rings. The van der Waals surface area contributed by atoms with Crippen molar-refractivity contribution in [2.45, 2.75) is 26.9 Å². The van der Waals surface area contributed by atoms with Gasteiger partial charge in [-0.1, -0.05) is 79.7 Å². The number of hydrogen-bond donors (Lipinski definition) is 1. The van der Waals surface area contributed by atoms with E-state index in [-0.39, 0.29) is 5.57 Å². The zero-order valence-electron chi connectivity index (χ0n) is 19.3. The molecule has 0 saturated carbocycles. The van der Waals surface area contributed by atoms with Crippen LogP contribution in [0, 0.1) is 18.3 Å². The minimum Gasteiger partial charge on any atom is -0.488 e. The molecular formula is C30H26N2O2. The molecule has 0 aliphatic carbocycles. The third kappa shape index (κ3) is 5.00. The number of carbonyl (C=O) groups excluding carboxylic acids is 1. The van der Waals surface area contributed by atoms with Crippen LogP contribution in [0.25, 0.3) is 16.8 Å². The molecule has 0 saturated heterocycles. The molecule has 4 nitrogen and oxygen atoms in total. The molecule has 168 valence electrons. The molecular weight excluding hydrogens is 420 g/mol. The Balaban J connectivity index is 1.59. The first kappa shape index (κ1) is 22.8. The van der Waals surface area contributed by atoms with Gasteiger partial charge in [0.25, 0.3) is 5.91 Å². The lowest BCUT2D eigenvalue weighted by Gasteiger charge is -2.14. The molecule has 34 heavy (non-hydrogen) atoms. The van der Waals surface area contributed by atoms with Crippen molar-refractivity contribution >= 4 is 28.4 Å². The van der Waals surface area contributed by atoms with E-state index in [0.717, 1.165) is 33.9 Å². The molecule has 0 radical (unpaired) electrons. The summed E-state index contributed by atoms with van der Waals surface area (Å²) in [6.07, 6.45) is 2.36. The van der Waals surface area contributed by atoms with Crippen molar-refractivity contribution in [2.75, 3.05) is 5.32 Å². The van der Waals surface area contributed by atoms with Crippen molar-refractivity contribution in [1.29, 1.82) is 5.26 Å². The second-order valence-electron chi connectivity index (χ2n) is 8.04. The van der Waals surface area contributed by atoms with Gasteiger partial charge >= 0.3 is 0 Å². The van der Waals surface area contributed by atoms with Crippen molar-refractivity contribution in [3.63, 3.8) is 0 Å². The molecule has 4 aromatic rings. The van der Waals surface area contributed by atoms with E-state index < -0.39 is 5.91 Å². The normalized spacial score (nSPS) is 11.1. The second-order valence-corrected chi connectivity index (χ2v) is 8.04. The van der Waals surface area contributed by atoms with Crippen LogP contribution in [0.1, 0.15) is 29.2 Å². The number of fused-ring (bicyclic) bond motifs is 1. The van der Waals surface area contributed by atoms with Crippen LogP contribution in [0.3, 0.4) is 0 Å². The lowest BCUT2D eigenvalue weighted by atomic mass is 10.0. The van der Waals surface area contributed by atoms with Crippen LogP contribution in [0.15, 0.2) is 90.5 Å². The van der Waals surface area contributed by atoms with Crippen LogP contribution >= 0.6 is 0 Å². The molecule has 0 atom stereocenters. The summed E-state index contributed by atoms with van der Waals surface area (Å²) in [4.78, 5) is 12.9. The Hall–Kier alpha value is -4.36. The number of anilines is 1. The zero-order valence-corrected chi connectivity index (χ0v) is 19.3. The standard InChI is InChI=1S/C30H26N2O2/c1-3-22-10-5-8-14-28(22)32-30(33)25(19-31)18-24-12-6-9-15-29(24)34-20-27-21(2)16-17-23-11-4-7-13-26(23)27/h4-18H,3,20H2,1-2H3,(H,32,33)/b25-18+. The third-order valence-electron chi connectivity index (χ3n) is 5.88. The van der Waals surface area contributed by atoms with E-state index in [1.54, 1.807) is 6.08 Å². The van der Waals surface area contributed by atoms with Gasteiger partial charge in [0.05, 0.1) is 0 Å². The average molecular weight is 447 g/mol. The van der Waals surface area contributed by atoms with Gasteiger partial charge in [0.15, 0.2) is 0 Å². The number of ether oxygens (including phenoxy) is 1. The first-order chi connectivity index (χ1) is 16.6. The zero-order chi connectivity index (χ0) is 23.9. The average Bonchev–Trinajstić information content (AvgIpc) is 2.87. The van der Waals surface area contributed by atoms with Crippen LogP contribution < -0.4 is 10.1 Å². The highest BCUT2D eigenvalue weighted by Gasteiger charge is 2.13. The van der Waals surface area contributed by atoms with Gasteiger partial charge in [-0.15, -0.1) is 0 Å². The van der Waals surface area contributed by atoms with Gasteiger partial charge in [-0.2, -0.15) is 5.26 Å². The topological polar surface area (TPSA) is 62.1 Å². The fourth-order valence-corrected chi connectivity index (χ4v) is 3.96. The Morgan fingerprint density at radius 3 is 2.53 bits per heavy atom. The highest BCUT2D eigenvalue weighted by molar-refractivity contribution is 6.10. The Kier molecular flexibility index (Phi) is 7.05. The fourth-order valence-electron chi connectivity index (χ4n) is 3.96. The molecule has 0 bridgehead atoms. The van der Waals surface area contributed by atoms with E-state index in [4.69, 9.17) is 4.74 Å². The van der Waals surface area contributed by atoms with E-state index >= 15 is 0 Å². The fraction of sp³-hybridized carbons (Fsp3) is 0.133. The first-order valence-electron chi connectivity index (χ1n) is 11.3. The molecule has 0 aromatic heterocycles. The number of para-hydroxylation sites is 2. The Bertz CT molecular complexity index is 1410. The maximum Gasteiger partial charge on any atom is 0.266 e. The molecule has 1 amide bonds. The molecule has 0 aliphatic heterocycles. The summed E-state index contributed by atoms with van der Waals surface area (Å²) in [5, 5.41) is 14.9. The van der Waals surface area contributed by atoms with E-state index in [9.17, 15) is 10.1 Å². The predicted octanol–water partition coefficient (Wildman–Crippen LogP) is 6.84. The molecule has 0 unspecified atom stereocenters. The number of nitrogens with zero attached hydrogens (tertiary/aromatic N) is 1. The molecule has 4 rings (SSSR count). The minimum absolute atomic E-state index is 0.0169. The SMILES string of the molecule is CCc1ccccc1NC(=O)/C(C#N)=C/c1ccccc1OCc1c(C)ccc2ccccc12. The maximum atomic E-state index is 12.9. The predicted molar refractivity (Wildman–Crippen MR) is 137 cm³/mol. The van der Waals surface area contributed by atoms with Crippen molar-refractivity contribution in [2.24, 2.45) is 0 Å². The number of aryl methyl sites for hydroxylation is 2. The van der Waals surface area contributed by atoms with Crippen molar-refractivity contribution < 1.29 is 9.53 Å². The van der Waals surface area contributed by atoms with Crippen molar-refractivity contribution in [1.82, 2.24) is 0 Å². The molecule has 1 N–H and O–H groups in total. The van der Waals surface area contributed by atoms with Gasteiger partial charge in [0.1, 0.15) is 24.0 Å². The first-order valence-corrected chi connectivity index (χ1v) is 11.3. The summed E-state index contributed by atoms with van der Waals surface area (Å²) in [7, 11) is 0. The number of carbonyl (C=O) groups is 1. The van der Waals surface area contributed by atoms with Gasteiger partial charge in [0.2, 0.25) is 0 Å². The van der Waals surface area contributed by atoms with Crippen LogP contribution in [0.5, 0.6) is 5.75 Å². The largest absolute Gasteiger partial charge is 0.488 e. The molecule has 4 aromatic carbocycles. The van der Waals surface area contributed by atoms with Crippen molar-refractivity contribution in [3.05, 3.63) is 113 Å². The summed E-state index contributed by atoms with van der Waals surface area (Å²) in [5.74, 6) is 0.174. The minimum atomic E-state index is -0.442. The number of hydrogen-bond acceptors (Lipinski definition) is 3. The van der Waals surface area contributed by atoms with Gasteiger partial charge in [0, 0.05) is 16.8 Å². The van der Waals surface area contributed by atoms with Gasteiger partial charge in [-0.05, 0) is 53.5 Å². The summed E-state index contributed by atoms with van der Waals surface area (Å²) < 4.78 is 6.21. The number of nitriles is 1. The monoisotopic (exact) mass is 446 g/mol. The van der Waals surface area contributed by atoms with E-state index in [0.29, 0.717) is 23.6 Å². The smallest absolute Gasteiger partial charge is 0.266 e. The van der Waals surface area contributed by atoms with Crippen LogP contribution in [0.2, 0.25) is 0 Å². The number of amides is 1. The molecule has 4 heteroatoms.